The molecule has 0 amide bonds. The highest BCUT2D eigenvalue weighted by molar-refractivity contribution is 5.86. The van der Waals surface area contributed by atoms with Crippen molar-refractivity contribution >= 4 is 0 Å². The van der Waals surface area contributed by atoms with Gasteiger partial charge in [-0.3, -0.25) is 0 Å². The predicted octanol–water partition coefficient (Wildman–Crippen LogP) is 14.9. The van der Waals surface area contributed by atoms with Gasteiger partial charge in [0.25, 0.3) is 0 Å². The lowest BCUT2D eigenvalue weighted by Gasteiger charge is -2.61. The van der Waals surface area contributed by atoms with Gasteiger partial charge in [-0.15, -0.1) is 0 Å². The maximum absolute atomic E-state index is 2.71. The van der Waals surface area contributed by atoms with Crippen LogP contribution in [0.25, 0.3) is 33.4 Å². The van der Waals surface area contributed by atoms with Crippen molar-refractivity contribution in [2.24, 2.45) is 47.3 Å². The highest BCUT2D eigenvalue weighted by Crippen LogP contribution is 2.69. The summed E-state index contributed by atoms with van der Waals surface area (Å²) in [5.41, 5.74) is 18.8. The smallest absolute Gasteiger partial charge is 0.0159 e. The van der Waals surface area contributed by atoms with E-state index in [1.54, 1.807) is 22.3 Å². The van der Waals surface area contributed by atoms with Crippen LogP contribution in [0.1, 0.15) is 174 Å². The molecule has 0 aliphatic heterocycles. The van der Waals surface area contributed by atoms with Gasteiger partial charge in [-0.25, -0.2) is 0 Å². The summed E-state index contributed by atoms with van der Waals surface area (Å²) in [4.78, 5) is 0. The minimum absolute atomic E-state index is 0.0213. The Kier molecular flexibility index (Phi) is 7.16. The van der Waals surface area contributed by atoms with Crippen molar-refractivity contribution in [1.29, 1.82) is 0 Å². The lowest BCUT2D eigenvalue weighted by Crippen LogP contribution is -2.50. The molecule has 0 nitrogen and oxygen atoms in total. The Balaban J connectivity index is 0.849. The third-order valence-electron chi connectivity index (χ3n) is 19.1. The summed E-state index contributed by atoms with van der Waals surface area (Å²) in [6, 6.07) is 30.8. The quantitative estimate of drug-likeness (QED) is 0.193. The van der Waals surface area contributed by atoms with Crippen LogP contribution in [0.3, 0.4) is 0 Å². The lowest BCUT2D eigenvalue weighted by molar-refractivity contribution is -0.0138. The first-order valence-corrected chi connectivity index (χ1v) is 23.6. The van der Waals surface area contributed by atoms with Crippen LogP contribution in [0.2, 0.25) is 0 Å². The Morgan fingerprint density at radius 3 is 0.927 bits per heavy atom. The monoisotopic (exact) mass is 722 g/mol. The molecule has 0 saturated heterocycles. The van der Waals surface area contributed by atoms with Crippen molar-refractivity contribution in [2.75, 3.05) is 0 Å². The summed E-state index contributed by atoms with van der Waals surface area (Å²) in [5, 5.41) is 0. The van der Waals surface area contributed by atoms with Crippen LogP contribution >= 0.6 is 0 Å². The number of rotatable bonds is 2. The largest absolute Gasteiger partial charge is 0.0578 e. The first-order chi connectivity index (χ1) is 27.0. The van der Waals surface area contributed by atoms with Crippen molar-refractivity contribution in [2.45, 2.75) is 146 Å². The van der Waals surface area contributed by atoms with E-state index in [4.69, 9.17) is 0 Å². The fourth-order valence-corrected chi connectivity index (χ4v) is 17.2. The van der Waals surface area contributed by atoms with Crippen LogP contribution in [0.15, 0.2) is 72.8 Å². The van der Waals surface area contributed by atoms with Crippen LogP contribution in [0.5, 0.6) is 0 Å². The Morgan fingerprint density at radius 1 is 0.327 bits per heavy atom. The molecule has 0 N–H and O–H groups in total. The zero-order chi connectivity index (χ0) is 36.2. The van der Waals surface area contributed by atoms with Crippen LogP contribution in [-0.2, 0) is 5.41 Å². The van der Waals surface area contributed by atoms with Crippen molar-refractivity contribution in [1.82, 2.24) is 0 Å². The van der Waals surface area contributed by atoms with E-state index >= 15 is 0 Å². The molecule has 4 bridgehead atoms. The molecule has 0 heterocycles. The molecule has 4 aromatic rings. The third kappa shape index (κ3) is 4.47. The maximum atomic E-state index is 2.71. The average molecular weight is 723 g/mol. The molecular weight excluding hydrogens is 661 g/mol. The van der Waals surface area contributed by atoms with Gasteiger partial charge < -0.3 is 0 Å². The standard InChI is InChI=1S/C55H62/c1-55(2)49-29-33(31-21-25-45-47(27-31)53-41-15-7-3-11-37(41)51(45)38-12-4-8-16-42(38)53)19-23-35(49)36-24-20-34(30-50(36)55)32-22-26-46-48(28-32)54-43-17-9-5-13-39(43)52(46)40-14-6-10-18-44(40)54/h19-30,37-44,51-54H,3-18H2,1-2H3. The molecule has 6 saturated carbocycles. The second-order valence-electron chi connectivity index (χ2n) is 21.4. The van der Waals surface area contributed by atoms with E-state index in [2.05, 4.69) is 86.6 Å². The predicted molar refractivity (Wildman–Crippen MR) is 228 cm³/mol. The molecule has 282 valence electrons. The van der Waals surface area contributed by atoms with Crippen LogP contribution < -0.4 is 0 Å². The molecule has 4 aromatic carbocycles. The summed E-state index contributed by atoms with van der Waals surface area (Å²) >= 11 is 0. The molecule has 0 heteroatoms. The molecule has 6 fully saturated rings. The fraction of sp³-hybridized carbons (Fsp3) is 0.564. The van der Waals surface area contributed by atoms with Gasteiger partial charge in [0.05, 0.1) is 0 Å². The van der Waals surface area contributed by atoms with Crippen molar-refractivity contribution in [3.63, 3.8) is 0 Å². The molecule has 8 atom stereocenters. The van der Waals surface area contributed by atoms with E-state index in [1.807, 2.05) is 0 Å². The van der Waals surface area contributed by atoms with E-state index < -0.39 is 0 Å². The molecule has 11 aliphatic carbocycles. The van der Waals surface area contributed by atoms with E-state index in [1.165, 1.54) is 147 Å². The maximum Gasteiger partial charge on any atom is 0.0159 e. The van der Waals surface area contributed by atoms with Gasteiger partial charge in [0.15, 0.2) is 0 Å². The van der Waals surface area contributed by atoms with Gasteiger partial charge in [0, 0.05) is 5.41 Å². The summed E-state index contributed by atoms with van der Waals surface area (Å²) in [7, 11) is 0. The van der Waals surface area contributed by atoms with Crippen LogP contribution in [-0.4, -0.2) is 0 Å². The van der Waals surface area contributed by atoms with E-state index in [0.29, 0.717) is 0 Å². The van der Waals surface area contributed by atoms with E-state index in [-0.39, 0.29) is 5.41 Å². The van der Waals surface area contributed by atoms with Gasteiger partial charge in [-0.2, -0.15) is 0 Å². The lowest BCUT2D eigenvalue weighted by atomic mass is 9.44. The van der Waals surface area contributed by atoms with Crippen molar-refractivity contribution in [3.8, 4) is 33.4 Å². The number of fused-ring (bicyclic) bond motifs is 3. The Hall–Kier alpha value is -3.12. The first kappa shape index (κ1) is 32.9. The van der Waals surface area contributed by atoms with Crippen LogP contribution in [0, 0.1) is 47.3 Å². The molecule has 0 aromatic heterocycles. The van der Waals surface area contributed by atoms with E-state index in [9.17, 15) is 0 Å². The van der Waals surface area contributed by atoms with Gasteiger partial charge in [-0.05, 0) is 201 Å². The van der Waals surface area contributed by atoms with Crippen molar-refractivity contribution in [3.05, 3.63) is 106 Å². The molecule has 15 rings (SSSR count). The fourth-order valence-electron chi connectivity index (χ4n) is 17.2. The van der Waals surface area contributed by atoms with Crippen LogP contribution in [0.4, 0.5) is 0 Å². The molecule has 55 heavy (non-hydrogen) atoms. The Morgan fingerprint density at radius 2 is 0.600 bits per heavy atom. The van der Waals surface area contributed by atoms with Gasteiger partial charge in [0.2, 0.25) is 0 Å². The second-order valence-corrected chi connectivity index (χ2v) is 21.4. The average Bonchev–Trinajstić information content (AvgIpc) is 3.47. The molecule has 0 spiro atoms. The van der Waals surface area contributed by atoms with Crippen molar-refractivity contribution < 1.29 is 0 Å². The highest BCUT2D eigenvalue weighted by Gasteiger charge is 2.58. The SMILES string of the molecule is CC1(C)c2cc(-c3ccc4c(c3)C3C5CCCCC5C4C4CCCCC43)ccc2-c2ccc(-c3ccc4c(c3)C3C5CCCCC5C4C4CCCCC43)cc21. The normalized spacial score (nSPS) is 38.1. The van der Waals surface area contributed by atoms with E-state index in [0.717, 1.165) is 71.0 Å². The summed E-state index contributed by atoms with van der Waals surface area (Å²) in [6.07, 6.45) is 23.7. The second kappa shape index (κ2) is 12.0. The molecule has 8 unspecified atom stereocenters. The van der Waals surface area contributed by atoms with Gasteiger partial charge in [-0.1, -0.05) is 126 Å². The molecule has 11 aliphatic rings. The zero-order valence-electron chi connectivity index (χ0n) is 33.7. The molecule has 0 radical (unpaired) electrons. The summed E-state index contributed by atoms with van der Waals surface area (Å²) < 4.78 is 0. The third-order valence-corrected chi connectivity index (χ3v) is 19.1. The first-order valence-electron chi connectivity index (χ1n) is 23.6. The number of benzene rings is 4. The highest BCUT2D eigenvalue weighted by atomic mass is 14.6. The topological polar surface area (TPSA) is 0 Å². The Bertz CT molecular complexity index is 2010. The summed E-state index contributed by atoms with van der Waals surface area (Å²) in [5.74, 6) is 10.9. The number of hydrogen-bond acceptors (Lipinski definition) is 0. The molecular formula is C55H62. The zero-order valence-corrected chi connectivity index (χ0v) is 33.7. The minimum Gasteiger partial charge on any atom is -0.0578 e. The summed E-state index contributed by atoms with van der Waals surface area (Å²) in [6.45, 7) is 5.00. The minimum atomic E-state index is -0.0213. The van der Waals surface area contributed by atoms with Gasteiger partial charge >= 0.3 is 0 Å². The van der Waals surface area contributed by atoms with Gasteiger partial charge in [0.1, 0.15) is 0 Å². The Labute approximate surface area is 331 Å². The number of hydrogen-bond donors (Lipinski definition) is 0.